The first-order chi connectivity index (χ1) is 21.4. The molecule has 1 atom stereocenters. The van der Waals surface area contributed by atoms with Gasteiger partial charge >= 0.3 is 12.2 Å². The molecule has 0 saturated heterocycles. The Kier molecular flexibility index (Phi) is 13.8. The van der Waals surface area contributed by atoms with E-state index in [1.807, 2.05) is 31.2 Å². The molecule has 2 rings (SSSR count). The third kappa shape index (κ3) is 13.0. The van der Waals surface area contributed by atoms with Crippen LogP contribution in [0.5, 0.6) is 5.75 Å². The van der Waals surface area contributed by atoms with Crippen molar-refractivity contribution in [3.05, 3.63) is 40.7 Å². The number of guanidine groups is 1. The lowest BCUT2D eigenvalue weighted by atomic mass is 10.1. The number of nitrogens with two attached hydrogens (primary N) is 2. The Bertz CT molecular complexity index is 1370. The summed E-state index contributed by atoms with van der Waals surface area (Å²) in [6.45, 7) is 12.5. The lowest BCUT2D eigenvalue weighted by Crippen LogP contribution is -2.51. The summed E-state index contributed by atoms with van der Waals surface area (Å²) >= 11 is 5.95. The summed E-state index contributed by atoms with van der Waals surface area (Å²) in [6.07, 6.45) is 0.751. The molecular formula is C31H47ClN8O6. The van der Waals surface area contributed by atoms with E-state index in [1.54, 1.807) is 48.7 Å². The fraction of sp³-hybridized carbons (Fsp3) is 0.548. The largest absolute Gasteiger partial charge is 0.497 e. The third-order valence-corrected chi connectivity index (χ3v) is 6.31. The number of hydrogen-bond acceptors (Lipinski definition) is 11. The fourth-order valence-corrected chi connectivity index (χ4v) is 4.15. The van der Waals surface area contributed by atoms with Crippen molar-refractivity contribution in [2.75, 3.05) is 31.7 Å². The normalized spacial score (nSPS) is 12.6. The molecule has 14 nitrogen and oxygen atoms in total. The van der Waals surface area contributed by atoms with Gasteiger partial charge in [0.1, 0.15) is 17.0 Å². The molecular weight excluding hydrogens is 616 g/mol. The van der Waals surface area contributed by atoms with E-state index in [0.717, 1.165) is 11.3 Å². The van der Waals surface area contributed by atoms with Gasteiger partial charge in [-0.05, 0) is 78.5 Å². The highest BCUT2D eigenvalue weighted by atomic mass is 35.5. The summed E-state index contributed by atoms with van der Waals surface area (Å²) in [5.74, 6) is -0.279. The number of aryl methyl sites for hydroxylation is 1. The molecule has 0 aliphatic heterocycles. The molecule has 0 saturated carbocycles. The molecule has 15 heteroatoms. The minimum Gasteiger partial charge on any atom is -0.497 e. The van der Waals surface area contributed by atoms with Crippen LogP contribution >= 0.6 is 11.6 Å². The smallest absolute Gasteiger partial charge is 0.417 e. The highest BCUT2D eigenvalue weighted by Gasteiger charge is 2.29. The Morgan fingerprint density at radius 3 is 2.20 bits per heavy atom. The van der Waals surface area contributed by atoms with Crippen molar-refractivity contribution >= 4 is 47.3 Å². The van der Waals surface area contributed by atoms with Crippen molar-refractivity contribution < 1.29 is 28.6 Å². The Morgan fingerprint density at radius 1 is 1.00 bits per heavy atom. The fourth-order valence-electron chi connectivity index (χ4n) is 4.02. The number of carbonyl (C=O) groups is 3. The Labute approximate surface area is 275 Å². The van der Waals surface area contributed by atoms with Gasteiger partial charge in [0.05, 0.1) is 13.2 Å². The maximum absolute atomic E-state index is 13.6. The maximum Gasteiger partial charge on any atom is 0.417 e. The summed E-state index contributed by atoms with van der Waals surface area (Å²) < 4.78 is 16.4. The van der Waals surface area contributed by atoms with Gasteiger partial charge < -0.3 is 31.0 Å². The van der Waals surface area contributed by atoms with E-state index in [2.05, 4.69) is 20.6 Å². The van der Waals surface area contributed by atoms with Crippen molar-refractivity contribution in [1.29, 1.82) is 0 Å². The van der Waals surface area contributed by atoms with Crippen LogP contribution in [0.15, 0.2) is 29.3 Å². The van der Waals surface area contributed by atoms with E-state index in [0.29, 0.717) is 25.7 Å². The number of halogens is 1. The van der Waals surface area contributed by atoms with Crippen LogP contribution in [0.2, 0.25) is 5.15 Å². The summed E-state index contributed by atoms with van der Waals surface area (Å²) in [5, 5.41) is 5.22. The summed E-state index contributed by atoms with van der Waals surface area (Å²) in [4.78, 5) is 53.3. The zero-order chi connectivity index (χ0) is 34.7. The number of aromatic nitrogens is 2. The van der Waals surface area contributed by atoms with Crippen LogP contribution < -0.4 is 26.8 Å². The number of hydrogen-bond donors (Lipinski definition) is 4. The molecule has 0 radical (unpaired) electrons. The third-order valence-electron chi connectivity index (χ3n) is 6.03. The maximum atomic E-state index is 13.6. The van der Waals surface area contributed by atoms with Crippen LogP contribution in [0, 0.1) is 0 Å². The lowest BCUT2D eigenvalue weighted by Gasteiger charge is -2.30. The van der Waals surface area contributed by atoms with Gasteiger partial charge in [0, 0.05) is 13.1 Å². The minimum absolute atomic E-state index is 0.00327. The number of aliphatic imine (C=N–C) groups is 1. The van der Waals surface area contributed by atoms with E-state index < -0.39 is 35.3 Å². The molecule has 0 aliphatic rings. The molecule has 3 amide bonds. The highest BCUT2D eigenvalue weighted by Crippen LogP contribution is 2.18. The van der Waals surface area contributed by atoms with Crippen LogP contribution in [0.25, 0.3) is 0 Å². The average molecular weight is 663 g/mol. The highest BCUT2D eigenvalue weighted by molar-refractivity contribution is 6.31. The quantitative estimate of drug-likeness (QED) is 0.189. The molecule has 46 heavy (non-hydrogen) atoms. The van der Waals surface area contributed by atoms with Crippen LogP contribution in [0.1, 0.15) is 83.8 Å². The Balaban J connectivity index is 2.43. The van der Waals surface area contributed by atoms with Crippen molar-refractivity contribution in [3.8, 4) is 5.75 Å². The van der Waals surface area contributed by atoms with Gasteiger partial charge in [0.2, 0.25) is 5.96 Å². The first kappa shape index (κ1) is 37.9. The van der Waals surface area contributed by atoms with Crippen molar-refractivity contribution in [3.63, 3.8) is 0 Å². The molecule has 6 N–H and O–H groups in total. The second kappa shape index (κ2) is 16.8. The van der Waals surface area contributed by atoms with Crippen molar-refractivity contribution in [2.45, 2.75) is 91.4 Å². The van der Waals surface area contributed by atoms with Gasteiger partial charge in [-0.3, -0.25) is 10.1 Å². The first-order valence-electron chi connectivity index (χ1n) is 15.0. The molecule has 1 aromatic carbocycles. The zero-order valence-corrected chi connectivity index (χ0v) is 28.7. The molecule has 1 unspecified atom stereocenters. The number of nitrogens with zero attached hydrogens (tertiary/aromatic N) is 4. The van der Waals surface area contributed by atoms with Crippen molar-refractivity contribution in [1.82, 2.24) is 25.5 Å². The van der Waals surface area contributed by atoms with Gasteiger partial charge in [-0.2, -0.15) is 0 Å². The van der Waals surface area contributed by atoms with E-state index in [1.165, 1.54) is 4.90 Å². The lowest BCUT2D eigenvalue weighted by molar-refractivity contribution is 0.0356. The molecule has 1 heterocycles. The number of rotatable bonds is 11. The molecule has 0 aliphatic carbocycles. The van der Waals surface area contributed by atoms with Crippen LogP contribution in [-0.4, -0.2) is 76.4 Å². The van der Waals surface area contributed by atoms with Gasteiger partial charge in [0.25, 0.3) is 5.91 Å². The number of nitrogens with one attached hydrogen (secondary N) is 2. The zero-order valence-electron chi connectivity index (χ0n) is 27.9. The van der Waals surface area contributed by atoms with E-state index in [4.69, 9.17) is 42.3 Å². The molecule has 0 bridgehead atoms. The predicted molar refractivity (Wildman–Crippen MR) is 178 cm³/mol. The summed E-state index contributed by atoms with van der Waals surface area (Å²) in [6, 6.07) is 7.01. The average Bonchev–Trinajstić information content (AvgIpc) is 2.94. The standard InChI is InChI=1S/C31H47ClN8O6/c1-9-11-20(18-35-26(41)22-24(33)38-25(34)23(32)37-22)36-27(39-28(42)45-30(2,3)4)40(29(43)46-31(5,6)7)17-10-12-19-13-15-21(44-8)16-14-19/h13-16,20H,9-12,17-18H2,1-8H3,(H,35,41)(H4,33,34,38)(H,36,39,42). The Morgan fingerprint density at radius 2 is 1.63 bits per heavy atom. The second-order valence-corrected chi connectivity index (χ2v) is 12.8. The number of alkyl carbamates (subject to hydrolysis) is 1. The minimum atomic E-state index is -0.833. The van der Waals surface area contributed by atoms with E-state index in [-0.39, 0.29) is 41.5 Å². The monoisotopic (exact) mass is 662 g/mol. The van der Waals surface area contributed by atoms with Crippen molar-refractivity contribution in [2.24, 2.45) is 4.99 Å². The van der Waals surface area contributed by atoms with E-state index in [9.17, 15) is 14.4 Å². The number of nitrogen functional groups attached to an aromatic ring is 2. The summed E-state index contributed by atoms with van der Waals surface area (Å²) in [7, 11) is 1.60. The predicted octanol–water partition coefficient (Wildman–Crippen LogP) is 4.95. The topological polar surface area (TPSA) is 196 Å². The molecule has 2 aromatic rings. The number of carbonyl (C=O) groups excluding carboxylic acids is 3. The number of benzene rings is 1. The molecule has 0 fully saturated rings. The molecule has 1 aromatic heterocycles. The number of amides is 3. The Hall–Kier alpha value is -4.33. The van der Waals surface area contributed by atoms with Crippen LogP contribution in [-0.2, 0) is 15.9 Å². The van der Waals surface area contributed by atoms with Gasteiger partial charge in [-0.1, -0.05) is 37.1 Å². The first-order valence-corrected chi connectivity index (χ1v) is 15.4. The van der Waals surface area contributed by atoms with Gasteiger partial charge in [-0.15, -0.1) is 0 Å². The number of ether oxygens (including phenoxy) is 3. The van der Waals surface area contributed by atoms with Crippen LogP contribution in [0.3, 0.4) is 0 Å². The van der Waals surface area contributed by atoms with Gasteiger partial charge in [-0.25, -0.2) is 29.4 Å². The molecule has 0 spiro atoms. The second-order valence-electron chi connectivity index (χ2n) is 12.4. The van der Waals surface area contributed by atoms with Gasteiger partial charge in [0.15, 0.2) is 22.5 Å². The molecule has 254 valence electrons. The summed E-state index contributed by atoms with van der Waals surface area (Å²) in [5.41, 5.74) is 10.6. The number of methoxy groups -OCH3 is 1. The van der Waals surface area contributed by atoms with E-state index >= 15 is 0 Å². The number of anilines is 2. The van der Waals surface area contributed by atoms with Crippen LogP contribution in [0.4, 0.5) is 21.2 Å². The SMILES string of the molecule is CCCC(CNC(=O)c1nc(Cl)c(N)nc1N)N=C(NC(=O)OC(C)(C)C)N(CCCc1ccc(OC)cc1)C(=O)OC(C)(C)C.